The maximum Gasteiger partial charge on any atom is 0.254 e. The molecule has 0 atom stereocenters. The zero-order valence-electron chi connectivity index (χ0n) is 9.19. The van der Waals surface area contributed by atoms with Crippen LogP contribution in [0.4, 0.5) is 4.39 Å². The highest BCUT2D eigenvalue weighted by Gasteiger charge is 2.27. The molecule has 1 aliphatic rings. The van der Waals surface area contributed by atoms with Gasteiger partial charge in [0.1, 0.15) is 5.82 Å². The number of amides is 1. The molecular weight excluding hydrogens is 241 g/mol. The average Bonchev–Trinajstić information content (AvgIpc) is 2.26. The molecule has 0 aromatic heterocycles. The lowest BCUT2D eigenvalue weighted by molar-refractivity contribution is 0.0420. The molecule has 2 rings (SSSR count). The van der Waals surface area contributed by atoms with Crippen molar-refractivity contribution in [2.24, 2.45) is 5.92 Å². The van der Waals surface area contributed by atoms with Crippen molar-refractivity contribution in [2.75, 3.05) is 6.54 Å². The molecule has 1 aromatic carbocycles. The van der Waals surface area contributed by atoms with E-state index in [-0.39, 0.29) is 11.7 Å². The lowest BCUT2D eigenvalue weighted by atomic mass is 9.82. The second-order valence-corrected chi connectivity index (χ2v) is 4.88. The van der Waals surface area contributed by atoms with Crippen molar-refractivity contribution in [1.82, 2.24) is 5.32 Å². The van der Waals surface area contributed by atoms with E-state index in [0.29, 0.717) is 30.2 Å². The van der Waals surface area contributed by atoms with Crippen LogP contribution in [-0.4, -0.2) is 23.7 Å². The quantitative estimate of drug-likeness (QED) is 0.719. The highest BCUT2D eigenvalue weighted by Crippen LogP contribution is 2.26. The lowest BCUT2D eigenvalue weighted by Gasteiger charge is -2.31. The highest BCUT2D eigenvalue weighted by molar-refractivity contribution is 7.80. The second kappa shape index (κ2) is 5.06. The number of nitrogens with one attached hydrogen (secondary N) is 1. The molecule has 0 aliphatic heterocycles. The fourth-order valence-electron chi connectivity index (χ4n) is 1.89. The number of carbonyl (C=O) groups excluding carboxylic acids is 1. The van der Waals surface area contributed by atoms with E-state index in [9.17, 15) is 9.18 Å². The van der Waals surface area contributed by atoms with Gasteiger partial charge >= 0.3 is 0 Å². The molecular formula is C12H14FNO2S. The number of hydrogen-bond acceptors (Lipinski definition) is 3. The summed E-state index contributed by atoms with van der Waals surface area (Å²) < 4.78 is 13.4. The SMILES string of the molecule is O=C(NCC1CC(O)C1)c1cc(S)ccc1F. The maximum atomic E-state index is 13.4. The Balaban J connectivity index is 1.92. The average molecular weight is 255 g/mol. The zero-order chi connectivity index (χ0) is 12.4. The van der Waals surface area contributed by atoms with Gasteiger partial charge in [0, 0.05) is 11.4 Å². The summed E-state index contributed by atoms with van der Waals surface area (Å²) in [6.45, 7) is 0.478. The molecule has 1 aromatic rings. The number of halogens is 1. The van der Waals surface area contributed by atoms with E-state index in [0.717, 1.165) is 0 Å². The monoisotopic (exact) mass is 255 g/mol. The molecule has 1 fully saturated rings. The third-order valence-corrected chi connectivity index (χ3v) is 3.23. The molecule has 0 unspecified atom stereocenters. The van der Waals surface area contributed by atoms with Gasteiger partial charge in [-0.15, -0.1) is 12.6 Å². The van der Waals surface area contributed by atoms with Gasteiger partial charge in [0.2, 0.25) is 0 Å². The van der Waals surface area contributed by atoms with Crippen molar-refractivity contribution in [3.8, 4) is 0 Å². The fraction of sp³-hybridized carbons (Fsp3) is 0.417. The predicted octanol–water partition coefficient (Wildman–Crippen LogP) is 1.62. The van der Waals surface area contributed by atoms with Gasteiger partial charge in [-0.05, 0) is 37.0 Å². The largest absolute Gasteiger partial charge is 0.393 e. The van der Waals surface area contributed by atoms with E-state index in [1.807, 2.05) is 0 Å². The first-order valence-electron chi connectivity index (χ1n) is 5.51. The molecule has 17 heavy (non-hydrogen) atoms. The topological polar surface area (TPSA) is 49.3 Å². The number of hydrogen-bond donors (Lipinski definition) is 3. The molecule has 5 heteroatoms. The van der Waals surface area contributed by atoms with Crippen LogP contribution in [0.3, 0.4) is 0 Å². The van der Waals surface area contributed by atoms with Crippen molar-refractivity contribution in [3.05, 3.63) is 29.6 Å². The summed E-state index contributed by atoms with van der Waals surface area (Å²) in [5.74, 6) is -0.676. The van der Waals surface area contributed by atoms with Crippen LogP contribution < -0.4 is 5.32 Å². The minimum absolute atomic E-state index is 0.0115. The first-order valence-corrected chi connectivity index (χ1v) is 5.95. The summed E-state index contributed by atoms with van der Waals surface area (Å²) in [5.41, 5.74) is 0.0115. The van der Waals surface area contributed by atoms with E-state index in [2.05, 4.69) is 17.9 Å². The third kappa shape index (κ3) is 2.98. The molecule has 1 saturated carbocycles. The standard InChI is InChI=1S/C12H14FNO2S/c13-11-2-1-9(17)5-10(11)12(16)14-6-7-3-8(15)4-7/h1-2,5,7-8,15,17H,3-4,6H2,(H,14,16). The molecule has 0 heterocycles. The van der Waals surface area contributed by atoms with Crippen LogP contribution in [0.1, 0.15) is 23.2 Å². The number of benzene rings is 1. The Labute approximate surface area is 104 Å². The van der Waals surface area contributed by atoms with Gasteiger partial charge in [0.05, 0.1) is 11.7 Å². The molecule has 2 N–H and O–H groups in total. The van der Waals surface area contributed by atoms with Gasteiger partial charge < -0.3 is 10.4 Å². The van der Waals surface area contributed by atoms with E-state index in [1.54, 1.807) is 0 Å². The highest BCUT2D eigenvalue weighted by atomic mass is 32.1. The summed E-state index contributed by atoms with van der Waals surface area (Å²) in [6, 6.07) is 4.13. The molecule has 1 amide bonds. The summed E-state index contributed by atoms with van der Waals surface area (Å²) >= 11 is 4.07. The Hall–Kier alpha value is -1.07. The first kappa shape index (κ1) is 12.4. The minimum atomic E-state index is -0.547. The summed E-state index contributed by atoms with van der Waals surface area (Å²) in [5, 5.41) is 11.8. The van der Waals surface area contributed by atoms with Crippen molar-refractivity contribution < 1.29 is 14.3 Å². The summed E-state index contributed by atoms with van der Waals surface area (Å²) in [6.07, 6.45) is 1.17. The van der Waals surface area contributed by atoms with Crippen LogP contribution >= 0.6 is 12.6 Å². The molecule has 0 saturated heterocycles. The maximum absolute atomic E-state index is 13.4. The van der Waals surface area contributed by atoms with Gasteiger partial charge in [0.15, 0.2) is 0 Å². The summed E-state index contributed by atoms with van der Waals surface area (Å²) in [7, 11) is 0. The normalized spacial score (nSPS) is 23.0. The molecule has 0 spiro atoms. The minimum Gasteiger partial charge on any atom is -0.393 e. The van der Waals surface area contributed by atoms with Gasteiger partial charge in [-0.2, -0.15) is 0 Å². The Bertz CT molecular complexity index is 433. The smallest absolute Gasteiger partial charge is 0.254 e. The Morgan fingerprint density at radius 3 is 2.88 bits per heavy atom. The first-order chi connectivity index (χ1) is 8.06. The zero-order valence-corrected chi connectivity index (χ0v) is 10.1. The molecule has 3 nitrogen and oxygen atoms in total. The van der Waals surface area contributed by atoms with Crippen LogP contribution in [0.25, 0.3) is 0 Å². The van der Waals surface area contributed by atoms with Crippen LogP contribution in [0, 0.1) is 11.7 Å². The van der Waals surface area contributed by atoms with Gasteiger partial charge in [-0.3, -0.25) is 4.79 Å². The van der Waals surface area contributed by atoms with Crippen molar-refractivity contribution >= 4 is 18.5 Å². The van der Waals surface area contributed by atoms with Gasteiger partial charge in [-0.1, -0.05) is 0 Å². The Kier molecular flexibility index (Phi) is 3.69. The van der Waals surface area contributed by atoms with E-state index in [4.69, 9.17) is 5.11 Å². The summed E-state index contributed by atoms with van der Waals surface area (Å²) in [4.78, 5) is 12.2. The number of aliphatic hydroxyl groups is 1. The van der Waals surface area contributed by atoms with Crippen molar-refractivity contribution in [3.63, 3.8) is 0 Å². The Morgan fingerprint density at radius 2 is 2.24 bits per heavy atom. The third-order valence-electron chi connectivity index (χ3n) is 2.96. The van der Waals surface area contributed by atoms with Crippen LogP contribution in [0.15, 0.2) is 23.1 Å². The van der Waals surface area contributed by atoms with Gasteiger partial charge in [-0.25, -0.2) is 4.39 Å². The van der Waals surface area contributed by atoms with Gasteiger partial charge in [0.25, 0.3) is 5.91 Å². The van der Waals surface area contributed by atoms with Crippen LogP contribution in [0.5, 0.6) is 0 Å². The van der Waals surface area contributed by atoms with Crippen LogP contribution in [-0.2, 0) is 0 Å². The Morgan fingerprint density at radius 1 is 1.53 bits per heavy atom. The van der Waals surface area contributed by atoms with Crippen LogP contribution in [0.2, 0.25) is 0 Å². The van der Waals surface area contributed by atoms with E-state index < -0.39 is 11.7 Å². The number of thiol groups is 1. The second-order valence-electron chi connectivity index (χ2n) is 4.37. The number of aliphatic hydroxyl groups excluding tert-OH is 1. The van der Waals surface area contributed by atoms with Crippen molar-refractivity contribution in [2.45, 2.75) is 23.8 Å². The molecule has 1 aliphatic carbocycles. The number of rotatable bonds is 3. The number of carbonyl (C=O) groups is 1. The van der Waals surface area contributed by atoms with Crippen molar-refractivity contribution in [1.29, 1.82) is 0 Å². The van der Waals surface area contributed by atoms with E-state index in [1.165, 1.54) is 18.2 Å². The predicted molar refractivity (Wildman–Crippen MR) is 64.7 cm³/mol. The fourth-order valence-corrected chi connectivity index (χ4v) is 2.09. The molecule has 0 radical (unpaired) electrons. The molecule has 92 valence electrons. The lowest BCUT2D eigenvalue weighted by Crippen LogP contribution is -2.38. The molecule has 0 bridgehead atoms. The van der Waals surface area contributed by atoms with E-state index >= 15 is 0 Å².